The van der Waals surface area contributed by atoms with Crippen molar-refractivity contribution < 1.29 is 14.2 Å². The largest absolute Gasteiger partial charge is 0.454 e. The van der Waals surface area contributed by atoms with Gasteiger partial charge in [-0.25, -0.2) is 4.98 Å². The summed E-state index contributed by atoms with van der Waals surface area (Å²) in [5, 5.41) is 1.13. The van der Waals surface area contributed by atoms with Crippen LogP contribution in [0.15, 0.2) is 55.1 Å². The van der Waals surface area contributed by atoms with E-state index in [1.54, 1.807) is 29.1 Å². The fraction of sp³-hybridized carbons (Fsp3) is 0.227. The Hall–Kier alpha value is -2.38. The number of rotatable bonds is 6. The van der Waals surface area contributed by atoms with E-state index in [0.29, 0.717) is 28.9 Å². The Morgan fingerprint density at radius 1 is 1.16 bits per heavy atom. The Morgan fingerprint density at radius 3 is 2.77 bits per heavy atom. The van der Waals surface area contributed by atoms with Gasteiger partial charge < -0.3 is 18.8 Å². The molecule has 9 heteroatoms. The minimum atomic E-state index is -0.310. The second kappa shape index (κ2) is 8.63. The van der Waals surface area contributed by atoms with E-state index >= 15 is 0 Å². The summed E-state index contributed by atoms with van der Waals surface area (Å²) in [7, 11) is 0. The number of anilines is 1. The number of nitrogens with zero attached hydrogens (tertiary/aromatic N) is 3. The number of imidazole rings is 1. The molecular weight excluding hydrogens is 461 g/mol. The molecule has 0 saturated heterocycles. The highest BCUT2D eigenvalue weighted by atomic mass is 35.5. The highest BCUT2D eigenvalue weighted by Crippen LogP contribution is 2.42. The number of benzene rings is 2. The van der Waals surface area contributed by atoms with Crippen LogP contribution in [0.5, 0.6) is 11.5 Å². The lowest BCUT2D eigenvalue weighted by atomic mass is 10.0. The first-order valence-electron chi connectivity index (χ1n) is 9.67. The van der Waals surface area contributed by atoms with Crippen molar-refractivity contribution in [2.75, 3.05) is 17.8 Å². The van der Waals surface area contributed by atoms with E-state index in [2.05, 4.69) is 4.98 Å². The predicted octanol–water partition coefficient (Wildman–Crippen LogP) is 5.73. The van der Waals surface area contributed by atoms with E-state index in [1.165, 1.54) is 0 Å². The molecule has 2 aliphatic heterocycles. The van der Waals surface area contributed by atoms with E-state index < -0.39 is 0 Å². The van der Waals surface area contributed by atoms with E-state index in [-0.39, 0.29) is 18.9 Å². The second-order valence-electron chi connectivity index (χ2n) is 7.25. The maximum atomic E-state index is 6.69. The first-order chi connectivity index (χ1) is 15.1. The molecule has 1 aromatic heterocycles. The molecule has 0 aliphatic carbocycles. The predicted molar refractivity (Wildman–Crippen MR) is 121 cm³/mol. The van der Waals surface area contributed by atoms with Gasteiger partial charge in [-0.1, -0.05) is 41.4 Å². The number of aromatic nitrogens is 2. The number of halogens is 3. The van der Waals surface area contributed by atoms with Gasteiger partial charge in [0.2, 0.25) is 6.79 Å². The van der Waals surface area contributed by atoms with Crippen molar-refractivity contribution in [2.24, 2.45) is 0 Å². The Labute approximate surface area is 194 Å². The maximum absolute atomic E-state index is 6.69. The first-order valence-corrected chi connectivity index (χ1v) is 10.8. The smallest absolute Gasteiger partial charge is 0.231 e. The monoisotopic (exact) mass is 477 g/mol. The zero-order chi connectivity index (χ0) is 21.4. The van der Waals surface area contributed by atoms with E-state index in [9.17, 15) is 0 Å². The third-order valence-corrected chi connectivity index (χ3v) is 6.25. The molecule has 0 spiro atoms. The Balaban J connectivity index is 1.35. The van der Waals surface area contributed by atoms with Gasteiger partial charge in [-0.05, 0) is 18.2 Å². The molecule has 3 aromatic rings. The van der Waals surface area contributed by atoms with Crippen molar-refractivity contribution in [3.05, 3.63) is 76.3 Å². The molecule has 0 saturated carbocycles. The number of hydrogen-bond donors (Lipinski definition) is 0. The number of fused-ring (bicyclic) bond motifs is 2. The van der Waals surface area contributed by atoms with Crippen LogP contribution in [0.4, 0.5) is 5.69 Å². The number of ether oxygens (including phenoxy) is 3. The molecule has 3 heterocycles. The quantitative estimate of drug-likeness (QED) is 0.423. The van der Waals surface area contributed by atoms with Crippen LogP contribution >= 0.6 is 35.0 Å². The molecule has 2 unspecified atom stereocenters. The van der Waals surface area contributed by atoms with Gasteiger partial charge in [-0.15, -0.1) is 0 Å². The minimum absolute atomic E-state index is 0.175. The molecule has 160 valence electrons. The lowest BCUT2D eigenvalue weighted by molar-refractivity contribution is 0.0382. The summed E-state index contributed by atoms with van der Waals surface area (Å²) in [5.41, 5.74) is 2.66. The lowest BCUT2D eigenvalue weighted by Crippen LogP contribution is -2.33. The summed E-state index contributed by atoms with van der Waals surface area (Å²) in [6, 6.07) is 9.05. The van der Waals surface area contributed by atoms with Crippen LogP contribution in [0.3, 0.4) is 0 Å². The van der Waals surface area contributed by atoms with Crippen LogP contribution in [-0.4, -0.2) is 29.0 Å². The summed E-state index contributed by atoms with van der Waals surface area (Å²) < 4.78 is 20.9. The first kappa shape index (κ1) is 20.5. The normalized spacial score (nSPS) is 17.6. The average Bonchev–Trinajstić information content (AvgIpc) is 3.43. The van der Waals surface area contributed by atoms with Crippen molar-refractivity contribution in [1.29, 1.82) is 0 Å². The van der Waals surface area contributed by atoms with Gasteiger partial charge in [0.05, 0.1) is 31.2 Å². The third kappa shape index (κ3) is 4.21. The average molecular weight is 479 g/mol. The second-order valence-corrected chi connectivity index (χ2v) is 8.46. The third-order valence-electron chi connectivity index (χ3n) is 5.25. The van der Waals surface area contributed by atoms with E-state index in [4.69, 9.17) is 49.2 Å². The lowest BCUT2D eigenvalue weighted by Gasteiger charge is -2.31. The summed E-state index contributed by atoms with van der Waals surface area (Å²) in [5.74, 6) is 1.41. The summed E-state index contributed by atoms with van der Waals surface area (Å²) in [4.78, 5) is 4.11. The van der Waals surface area contributed by atoms with Crippen LogP contribution in [0.1, 0.15) is 17.2 Å². The van der Waals surface area contributed by atoms with Gasteiger partial charge >= 0.3 is 0 Å². The van der Waals surface area contributed by atoms with Crippen LogP contribution in [0.2, 0.25) is 10.0 Å². The molecule has 0 fully saturated rings. The van der Waals surface area contributed by atoms with Gasteiger partial charge in [-0.3, -0.25) is 4.42 Å². The molecule has 2 aliphatic rings. The number of hydrogen-bond acceptors (Lipinski definition) is 5. The SMILES string of the molecule is Clc1ccc(C(Cn2ccnc2)OCC2C=Cc3cc4c(cc3N2Cl)OCO4)c(Cl)c1. The van der Waals surface area contributed by atoms with Gasteiger partial charge in [0.25, 0.3) is 0 Å². The fourth-order valence-corrected chi connectivity index (χ4v) is 4.46. The van der Waals surface area contributed by atoms with Gasteiger partial charge in [0.15, 0.2) is 11.5 Å². The fourth-order valence-electron chi connectivity index (χ4n) is 3.66. The van der Waals surface area contributed by atoms with Gasteiger partial charge in [-0.2, -0.15) is 0 Å². The van der Waals surface area contributed by atoms with Crippen molar-refractivity contribution in [1.82, 2.24) is 9.55 Å². The molecular formula is C22H18Cl3N3O3. The van der Waals surface area contributed by atoms with Crippen molar-refractivity contribution >= 4 is 46.7 Å². The van der Waals surface area contributed by atoms with Crippen molar-refractivity contribution in [3.8, 4) is 11.5 Å². The standard InChI is InChI=1S/C22H18Cl3N3O3/c23-15-2-4-17(18(24)8-15)22(10-27-6-5-26-12-27)29-11-16-3-1-14-7-20-21(31-13-30-20)9-19(14)28(16)25/h1-9,12,16,22H,10-11,13H2. The molecule has 2 aromatic carbocycles. The van der Waals surface area contributed by atoms with Gasteiger partial charge in [0, 0.05) is 51.4 Å². The van der Waals surface area contributed by atoms with E-state index in [0.717, 1.165) is 22.6 Å². The Morgan fingerprint density at radius 2 is 2.00 bits per heavy atom. The van der Waals surface area contributed by atoms with Crippen LogP contribution in [0.25, 0.3) is 6.08 Å². The topological polar surface area (TPSA) is 48.8 Å². The Bertz CT molecular complexity index is 1120. The Kier molecular flexibility index (Phi) is 5.71. The molecule has 2 atom stereocenters. The molecule has 0 bridgehead atoms. The summed E-state index contributed by atoms with van der Waals surface area (Å²) in [6.07, 6.45) is 9.07. The van der Waals surface area contributed by atoms with Crippen LogP contribution in [0, 0.1) is 0 Å². The summed E-state index contributed by atoms with van der Waals surface area (Å²) >= 11 is 19.2. The zero-order valence-electron chi connectivity index (χ0n) is 16.2. The van der Waals surface area contributed by atoms with E-state index in [1.807, 2.05) is 41.1 Å². The molecule has 6 nitrogen and oxygen atoms in total. The summed E-state index contributed by atoms with van der Waals surface area (Å²) in [6.45, 7) is 1.12. The van der Waals surface area contributed by atoms with Crippen molar-refractivity contribution in [2.45, 2.75) is 18.7 Å². The molecule has 31 heavy (non-hydrogen) atoms. The highest BCUT2D eigenvalue weighted by Gasteiger charge is 2.27. The van der Waals surface area contributed by atoms with Crippen molar-refractivity contribution in [3.63, 3.8) is 0 Å². The molecule has 0 N–H and O–H groups in total. The van der Waals surface area contributed by atoms with Crippen LogP contribution in [-0.2, 0) is 11.3 Å². The minimum Gasteiger partial charge on any atom is -0.454 e. The van der Waals surface area contributed by atoms with Crippen LogP contribution < -0.4 is 13.9 Å². The maximum Gasteiger partial charge on any atom is 0.231 e. The van der Waals surface area contributed by atoms with Gasteiger partial charge in [0.1, 0.15) is 6.10 Å². The molecule has 0 radical (unpaired) electrons. The molecule has 0 amide bonds. The molecule has 5 rings (SSSR count). The highest BCUT2D eigenvalue weighted by molar-refractivity contribution is 6.35. The zero-order valence-corrected chi connectivity index (χ0v) is 18.5.